The first-order valence-corrected chi connectivity index (χ1v) is 7.44. The van der Waals surface area contributed by atoms with Crippen molar-refractivity contribution >= 4 is 5.91 Å². The SMILES string of the molecule is CC(C)CNC1(C(N)=O)CCC(C)(C)c2ccccc21. The molecular weight excluding hydrogens is 248 g/mol. The van der Waals surface area contributed by atoms with Crippen LogP contribution in [-0.2, 0) is 15.7 Å². The van der Waals surface area contributed by atoms with Crippen LogP contribution < -0.4 is 11.1 Å². The summed E-state index contributed by atoms with van der Waals surface area (Å²) in [6, 6.07) is 8.21. The number of nitrogens with one attached hydrogen (secondary N) is 1. The molecule has 1 amide bonds. The van der Waals surface area contributed by atoms with E-state index in [-0.39, 0.29) is 11.3 Å². The van der Waals surface area contributed by atoms with Gasteiger partial charge in [0, 0.05) is 0 Å². The molecule has 0 heterocycles. The molecule has 0 spiro atoms. The van der Waals surface area contributed by atoms with Gasteiger partial charge in [0.15, 0.2) is 0 Å². The van der Waals surface area contributed by atoms with Crippen LogP contribution in [-0.4, -0.2) is 12.5 Å². The molecule has 1 atom stereocenters. The number of carbonyl (C=O) groups excluding carboxylic acids is 1. The topological polar surface area (TPSA) is 55.1 Å². The van der Waals surface area contributed by atoms with Gasteiger partial charge in [0.2, 0.25) is 5.91 Å². The van der Waals surface area contributed by atoms with Crippen LogP contribution in [0.4, 0.5) is 0 Å². The Balaban J connectivity index is 2.51. The summed E-state index contributed by atoms with van der Waals surface area (Å²) in [4.78, 5) is 12.2. The molecule has 3 nitrogen and oxygen atoms in total. The minimum absolute atomic E-state index is 0.0923. The van der Waals surface area contributed by atoms with E-state index in [1.54, 1.807) is 0 Å². The third-order valence-corrected chi connectivity index (χ3v) is 4.47. The molecule has 3 heteroatoms. The van der Waals surface area contributed by atoms with Crippen LogP contribution in [0.1, 0.15) is 51.7 Å². The molecule has 0 bridgehead atoms. The fourth-order valence-corrected chi connectivity index (χ4v) is 3.12. The third-order valence-electron chi connectivity index (χ3n) is 4.47. The molecule has 2 rings (SSSR count). The Morgan fingerprint density at radius 1 is 1.25 bits per heavy atom. The molecule has 1 aliphatic carbocycles. The average Bonchev–Trinajstić information content (AvgIpc) is 2.38. The number of carbonyl (C=O) groups is 1. The van der Waals surface area contributed by atoms with Crippen molar-refractivity contribution in [2.75, 3.05) is 6.54 Å². The van der Waals surface area contributed by atoms with E-state index >= 15 is 0 Å². The minimum Gasteiger partial charge on any atom is -0.368 e. The van der Waals surface area contributed by atoms with Crippen LogP contribution >= 0.6 is 0 Å². The van der Waals surface area contributed by atoms with Crippen molar-refractivity contribution < 1.29 is 4.79 Å². The van der Waals surface area contributed by atoms with Crippen LogP contribution in [0.2, 0.25) is 0 Å². The second kappa shape index (κ2) is 5.21. The van der Waals surface area contributed by atoms with Gasteiger partial charge in [0.1, 0.15) is 5.54 Å². The maximum absolute atomic E-state index is 12.2. The highest BCUT2D eigenvalue weighted by molar-refractivity contribution is 5.87. The van der Waals surface area contributed by atoms with Gasteiger partial charge in [-0.15, -0.1) is 0 Å². The summed E-state index contributed by atoms with van der Waals surface area (Å²) in [6.07, 6.45) is 1.72. The Morgan fingerprint density at radius 3 is 2.40 bits per heavy atom. The molecular formula is C17H26N2O. The first-order valence-electron chi connectivity index (χ1n) is 7.44. The molecule has 0 aromatic heterocycles. The lowest BCUT2D eigenvalue weighted by Gasteiger charge is -2.44. The Kier molecular flexibility index (Phi) is 3.92. The van der Waals surface area contributed by atoms with Gasteiger partial charge in [0.25, 0.3) is 0 Å². The fraction of sp³-hybridized carbons (Fsp3) is 0.588. The van der Waals surface area contributed by atoms with Crippen LogP contribution in [0.25, 0.3) is 0 Å². The van der Waals surface area contributed by atoms with Crippen LogP contribution in [0.3, 0.4) is 0 Å². The summed E-state index contributed by atoms with van der Waals surface area (Å²) in [5.41, 5.74) is 7.47. The second-order valence-corrected chi connectivity index (χ2v) is 6.97. The maximum Gasteiger partial charge on any atom is 0.242 e. The smallest absolute Gasteiger partial charge is 0.242 e. The van der Waals surface area contributed by atoms with E-state index in [1.165, 1.54) is 5.56 Å². The summed E-state index contributed by atoms with van der Waals surface area (Å²) >= 11 is 0. The highest BCUT2D eigenvalue weighted by Crippen LogP contribution is 2.44. The predicted octanol–water partition coefficient (Wildman–Crippen LogP) is 2.68. The standard InChI is InChI=1S/C17H26N2O/c1-12(2)11-19-17(15(18)20)10-9-16(3,4)13-7-5-6-8-14(13)17/h5-8,12,19H,9-11H2,1-4H3,(H2,18,20). The van der Waals surface area contributed by atoms with Gasteiger partial charge in [-0.05, 0) is 41.8 Å². The van der Waals surface area contributed by atoms with Crippen molar-refractivity contribution in [1.29, 1.82) is 0 Å². The van der Waals surface area contributed by atoms with E-state index in [0.717, 1.165) is 24.9 Å². The lowest BCUT2D eigenvalue weighted by Crippen LogP contribution is -2.57. The zero-order chi connectivity index (χ0) is 15.0. The van der Waals surface area contributed by atoms with Crippen LogP contribution in [0.15, 0.2) is 24.3 Å². The molecule has 1 aliphatic rings. The van der Waals surface area contributed by atoms with Crippen LogP contribution in [0.5, 0.6) is 0 Å². The number of nitrogens with two attached hydrogens (primary N) is 1. The molecule has 1 aromatic rings. The lowest BCUT2D eigenvalue weighted by molar-refractivity contribution is -0.125. The van der Waals surface area contributed by atoms with Gasteiger partial charge in [-0.1, -0.05) is 52.0 Å². The van der Waals surface area contributed by atoms with Crippen molar-refractivity contribution in [3.05, 3.63) is 35.4 Å². The predicted molar refractivity (Wildman–Crippen MR) is 82.4 cm³/mol. The molecule has 0 saturated heterocycles. The molecule has 110 valence electrons. The monoisotopic (exact) mass is 274 g/mol. The van der Waals surface area contributed by atoms with Gasteiger partial charge in [-0.25, -0.2) is 0 Å². The number of rotatable bonds is 4. The largest absolute Gasteiger partial charge is 0.368 e. The minimum atomic E-state index is -0.712. The molecule has 0 aliphatic heterocycles. The van der Waals surface area contributed by atoms with E-state index < -0.39 is 5.54 Å². The number of amides is 1. The zero-order valence-electron chi connectivity index (χ0n) is 13.0. The van der Waals surface area contributed by atoms with E-state index in [2.05, 4.69) is 39.1 Å². The van der Waals surface area contributed by atoms with Gasteiger partial charge >= 0.3 is 0 Å². The molecule has 3 N–H and O–H groups in total. The number of fused-ring (bicyclic) bond motifs is 1. The summed E-state index contributed by atoms with van der Waals surface area (Å²) < 4.78 is 0. The Labute approximate surface area is 121 Å². The Bertz CT molecular complexity index is 507. The summed E-state index contributed by atoms with van der Waals surface area (Å²) in [6.45, 7) is 9.54. The second-order valence-electron chi connectivity index (χ2n) is 6.97. The van der Waals surface area contributed by atoms with Gasteiger partial charge in [-0.3, -0.25) is 10.1 Å². The van der Waals surface area contributed by atoms with E-state index in [0.29, 0.717) is 5.92 Å². The molecule has 1 aromatic carbocycles. The fourth-order valence-electron chi connectivity index (χ4n) is 3.12. The van der Waals surface area contributed by atoms with Crippen molar-refractivity contribution in [1.82, 2.24) is 5.32 Å². The van der Waals surface area contributed by atoms with Gasteiger partial charge < -0.3 is 5.73 Å². The molecule has 0 saturated carbocycles. The normalized spacial score (nSPS) is 24.4. The van der Waals surface area contributed by atoms with Crippen LogP contribution in [0, 0.1) is 5.92 Å². The first-order chi connectivity index (χ1) is 9.29. The van der Waals surface area contributed by atoms with Gasteiger partial charge in [-0.2, -0.15) is 0 Å². The zero-order valence-corrected chi connectivity index (χ0v) is 13.0. The molecule has 1 unspecified atom stereocenters. The molecule has 20 heavy (non-hydrogen) atoms. The van der Waals surface area contributed by atoms with Crippen molar-refractivity contribution in [3.8, 4) is 0 Å². The summed E-state index contributed by atoms with van der Waals surface area (Å²) in [5.74, 6) is 0.217. The number of hydrogen-bond donors (Lipinski definition) is 2. The summed E-state index contributed by atoms with van der Waals surface area (Å²) in [7, 11) is 0. The highest BCUT2D eigenvalue weighted by Gasteiger charge is 2.46. The molecule has 0 radical (unpaired) electrons. The quantitative estimate of drug-likeness (QED) is 0.887. The van der Waals surface area contributed by atoms with E-state index in [4.69, 9.17) is 5.73 Å². The average molecular weight is 274 g/mol. The number of benzene rings is 1. The third kappa shape index (κ3) is 2.47. The number of primary amides is 1. The van der Waals surface area contributed by atoms with Crippen molar-refractivity contribution in [2.24, 2.45) is 11.7 Å². The van der Waals surface area contributed by atoms with Gasteiger partial charge in [0.05, 0.1) is 0 Å². The van der Waals surface area contributed by atoms with E-state index in [9.17, 15) is 4.79 Å². The molecule has 0 fully saturated rings. The summed E-state index contributed by atoms with van der Waals surface area (Å²) in [5, 5.41) is 3.45. The number of hydrogen-bond acceptors (Lipinski definition) is 2. The first kappa shape index (κ1) is 15.0. The maximum atomic E-state index is 12.2. The Morgan fingerprint density at radius 2 is 1.85 bits per heavy atom. The highest BCUT2D eigenvalue weighted by atomic mass is 16.1. The Hall–Kier alpha value is -1.35. The van der Waals surface area contributed by atoms with Crippen molar-refractivity contribution in [2.45, 2.75) is 51.5 Å². The lowest BCUT2D eigenvalue weighted by atomic mass is 9.65. The van der Waals surface area contributed by atoms with E-state index in [1.807, 2.05) is 18.2 Å². The van der Waals surface area contributed by atoms with Crippen molar-refractivity contribution in [3.63, 3.8) is 0 Å².